The second-order valence-corrected chi connectivity index (χ2v) is 6.06. The maximum atomic E-state index is 13.7. The standard InChI is InChI=1S/C14H15FN2O2S/c1-10(11-6-3-2-4-7-11)17-20(18,19)14-12(15)8-5-9-13(14)16/h2-10,17H,16H2,1H3/t10-/m0/s1. The van der Waals surface area contributed by atoms with Gasteiger partial charge in [0.2, 0.25) is 10.0 Å². The van der Waals surface area contributed by atoms with E-state index in [0.717, 1.165) is 11.6 Å². The second kappa shape index (κ2) is 5.60. The van der Waals surface area contributed by atoms with Gasteiger partial charge >= 0.3 is 0 Å². The molecule has 0 aliphatic heterocycles. The molecule has 0 aromatic heterocycles. The van der Waals surface area contributed by atoms with Crippen molar-refractivity contribution in [3.05, 3.63) is 59.9 Å². The highest BCUT2D eigenvalue weighted by Crippen LogP contribution is 2.23. The summed E-state index contributed by atoms with van der Waals surface area (Å²) >= 11 is 0. The van der Waals surface area contributed by atoms with Gasteiger partial charge in [0.25, 0.3) is 0 Å². The van der Waals surface area contributed by atoms with E-state index in [2.05, 4.69) is 4.72 Å². The van der Waals surface area contributed by atoms with Gasteiger partial charge in [-0.15, -0.1) is 0 Å². The fourth-order valence-electron chi connectivity index (χ4n) is 1.91. The summed E-state index contributed by atoms with van der Waals surface area (Å²) in [5.74, 6) is -0.863. The van der Waals surface area contributed by atoms with Crippen molar-refractivity contribution >= 4 is 15.7 Å². The van der Waals surface area contributed by atoms with E-state index in [1.54, 1.807) is 31.2 Å². The molecule has 106 valence electrons. The molecule has 6 heteroatoms. The molecular weight excluding hydrogens is 279 g/mol. The van der Waals surface area contributed by atoms with Gasteiger partial charge in [0, 0.05) is 6.04 Å². The Morgan fingerprint density at radius 1 is 1.10 bits per heavy atom. The fourth-order valence-corrected chi connectivity index (χ4v) is 3.33. The number of hydrogen-bond donors (Lipinski definition) is 2. The van der Waals surface area contributed by atoms with Gasteiger partial charge in [0.15, 0.2) is 0 Å². The van der Waals surface area contributed by atoms with Gasteiger partial charge in [0.1, 0.15) is 10.7 Å². The zero-order chi connectivity index (χ0) is 14.8. The smallest absolute Gasteiger partial charge is 0.246 e. The summed E-state index contributed by atoms with van der Waals surface area (Å²) in [7, 11) is -4.02. The van der Waals surface area contributed by atoms with E-state index in [1.165, 1.54) is 12.1 Å². The van der Waals surface area contributed by atoms with E-state index in [-0.39, 0.29) is 5.69 Å². The fraction of sp³-hybridized carbons (Fsp3) is 0.143. The van der Waals surface area contributed by atoms with E-state index < -0.39 is 26.8 Å². The molecule has 0 aliphatic carbocycles. The van der Waals surface area contributed by atoms with Crippen LogP contribution in [0.2, 0.25) is 0 Å². The number of nitrogen functional groups attached to an aromatic ring is 1. The summed E-state index contributed by atoms with van der Waals surface area (Å²) in [6.07, 6.45) is 0. The Hall–Kier alpha value is -1.92. The van der Waals surface area contributed by atoms with Crippen LogP contribution in [0.1, 0.15) is 18.5 Å². The SMILES string of the molecule is C[C@H](NS(=O)(=O)c1c(N)cccc1F)c1ccccc1. The molecule has 0 saturated heterocycles. The number of nitrogens with two attached hydrogens (primary N) is 1. The van der Waals surface area contributed by atoms with Crippen molar-refractivity contribution in [3.8, 4) is 0 Å². The first-order chi connectivity index (χ1) is 9.42. The third kappa shape index (κ3) is 2.97. The molecular formula is C14H15FN2O2S. The van der Waals surface area contributed by atoms with Crippen LogP contribution < -0.4 is 10.5 Å². The molecule has 0 amide bonds. The van der Waals surface area contributed by atoms with Gasteiger partial charge in [-0.05, 0) is 24.6 Å². The zero-order valence-corrected chi connectivity index (χ0v) is 11.7. The molecule has 0 fully saturated rings. The highest BCUT2D eigenvalue weighted by molar-refractivity contribution is 7.89. The van der Waals surface area contributed by atoms with Crippen molar-refractivity contribution in [2.24, 2.45) is 0 Å². The van der Waals surface area contributed by atoms with Crippen molar-refractivity contribution in [2.45, 2.75) is 17.9 Å². The zero-order valence-electron chi connectivity index (χ0n) is 10.9. The van der Waals surface area contributed by atoms with Crippen LogP contribution >= 0.6 is 0 Å². The van der Waals surface area contributed by atoms with E-state index in [1.807, 2.05) is 6.07 Å². The quantitative estimate of drug-likeness (QED) is 0.851. The molecule has 0 radical (unpaired) electrons. The summed E-state index contributed by atoms with van der Waals surface area (Å²) in [4.78, 5) is -0.511. The van der Waals surface area contributed by atoms with Gasteiger partial charge in [-0.25, -0.2) is 17.5 Å². The Labute approximate surface area is 117 Å². The highest BCUT2D eigenvalue weighted by atomic mass is 32.2. The molecule has 20 heavy (non-hydrogen) atoms. The van der Waals surface area contributed by atoms with Crippen molar-refractivity contribution in [3.63, 3.8) is 0 Å². The van der Waals surface area contributed by atoms with E-state index in [9.17, 15) is 12.8 Å². The van der Waals surface area contributed by atoms with Crippen molar-refractivity contribution in [1.29, 1.82) is 0 Å². The molecule has 0 spiro atoms. The number of sulfonamides is 1. The molecule has 0 unspecified atom stereocenters. The molecule has 2 aromatic rings. The van der Waals surface area contributed by atoms with Crippen molar-refractivity contribution in [1.82, 2.24) is 4.72 Å². The number of hydrogen-bond acceptors (Lipinski definition) is 3. The number of nitrogens with one attached hydrogen (secondary N) is 1. The lowest BCUT2D eigenvalue weighted by atomic mass is 10.1. The van der Waals surface area contributed by atoms with Crippen LogP contribution in [0.15, 0.2) is 53.4 Å². The first-order valence-corrected chi connectivity index (χ1v) is 7.51. The lowest BCUT2D eigenvalue weighted by Crippen LogP contribution is -2.28. The molecule has 0 heterocycles. The van der Waals surface area contributed by atoms with E-state index in [4.69, 9.17) is 5.73 Å². The predicted octanol–water partition coefficient (Wildman–Crippen LogP) is 2.45. The van der Waals surface area contributed by atoms with Crippen molar-refractivity contribution < 1.29 is 12.8 Å². The lowest BCUT2D eigenvalue weighted by molar-refractivity contribution is 0.548. The topological polar surface area (TPSA) is 72.2 Å². The molecule has 2 rings (SSSR count). The minimum atomic E-state index is -4.02. The van der Waals surface area contributed by atoms with E-state index in [0.29, 0.717) is 0 Å². The molecule has 0 saturated carbocycles. The first kappa shape index (κ1) is 14.5. The summed E-state index contributed by atoms with van der Waals surface area (Å²) in [5.41, 5.74) is 6.23. The summed E-state index contributed by atoms with van der Waals surface area (Å²) in [6, 6.07) is 12.3. The van der Waals surface area contributed by atoms with Crippen LogP contribution in [0.3, 0.4) is 0 Å². The lowest BCUT2D eigenvalue weighted by Gasteiger charge is -2.16. The minimum Gasteiger partial charge on any atom is -0.398 e. The first-order valence-electron chi connectivity index (χ1n) is 6.03. The number of benzene rings is 2. The second-order valence-electron chi connectivity index (χ2n) is 4.41. The monoisotopic (exact) mass is 294 g/mol. The Balaban J connectivity index is 2.33. The van der Waals surface area contributed by atoms with Crippen LogP contribution in [0.5, 0.6) is 0 Å². The third-order valence-corrected chi connectivity index (χ3v) is 4.53. The van der Waals surface area contributed by atoms with Crippen LogP contribution in [0.4, 0.5) is 10.1 Å². The van der Waals surface area contributed by atoms with Crippen LogP contribution in [-0.2, 0) is 10.0 Å². The van der Waals surface area contributed by atoms with Gasteiger partial charge in [0.05, 0.1) is 5.69 Å². The average molecular weight is 294 g/mol. The van der Waals surface area contributed by atoms with Gasteiger partial charge in [-0.3, -0.25) is 0 Å². The maximum absolute atomic E-state index is 13.7. The Morgan fingerprint density at radius 3 is 2.35 bits per heavy atom. The molecule has 4 nitrogen and oxygen atoms in total. The normalized spacial score (nSPS) is 13.1. The predicted molar refractivity (Wildman–Crippen MR) is 76.0 cm³/mol. The Kier molecular flexibility index (Phi) is 4.06. The van der Waals surface area contributed by atoms with Gasteiger partial charge in [-0.1, -0.05) is 36.4 Å². The maximum Gasteiger partial charge on any atom is 0.246 e. The van der Waals surface area contributed by atoms with Crippen LogP contribution in [0.25, 0.3) is 0 Å². The van der Waals surface area contributed by atoms with Gasteiger partial charge < -0.3 is 5.73 Å². The number of halogens is 1. The molecule has 0 bridgehead atoms. The largest absolute Gasteiger partial charge is 0.398 e. The number of anilines is 1. The highest BCUT2D eigenvalue weighted by Gasteiger charge is 2.24. The van der Waals surface area contributed by atoms with Crippen LogP contribution in [0, 0.1) is 5.82 Å². The van der Waals surface area contributed by atoms with Gasteiger partial charge in [-0.2, -0.15) is 0 Å². The van der Waals surface area contributed by atoms with Crippen LogP contribution in [-0.4, -0.2) is 8.42 Å². The summed E-state index contributed by atoms with van der Waals surface area (Å²) in [5, 5.41) is 0. The molecule has 1 atom stereocenters. The van der Waals surface area contributed by atoms with E-state index >= 15 is 0 Å². The molecule has 3 N–H and O–H groups in total. The Bertz CT molecular complexity index is 682. The van der Waals surface area contributed by atoms with Crippen molar-refractivity contribution in [2.75, 3.05) is 5.73 Å². The number of rotatable bonds is 4. The Morgan fingerprint density at radius 2 is 1.75 bits per heavy atom. The summed E-state index contributed by atoms with van der Waals surface area (Å²) < 4.78 is 40.6. The molecule has 0 aliphatic rings. The molecule has 2 aromatic carbocycles. The summed E-state index contributed by atoms with van der Waals surface area (Å²) in [6.45, 7) is 1.68. The minimum absolute atomic E-state index is 0.113. The average Bonchev–Trinajstić information content (AvgIpc) is 2.38. The third-order valence-electron chi connectivity index (χ3n) is 2.90.